The summed E-state index contributed by atoms with van der Waals surface area (Å²) in [5.74, 6) is 1.14. The summed E-state index contributed by atoms with van der Waals surface area (Å²) < 4.78 is 29.1. The van der Waals surface area contributed by atoms with Gasteiger partial charge in [-0.05, 0) is 38.5 Å². The Labute approximate surface area is 126 Å². The molecule has 2 aliphatic rings. The molecule has 0 spiro atoms. The minimum Gasteiger partial charge on any atom is -0.333 e. The molecule has 2 N–H and O–H groups in total. The van der Waals surface area contributed by atoms with Gasteiger partial charge in [0, 0.05) is 38.3 Å². The summed E-state index contributed by atoms with van der Waals surface area (Å²) in [6.45, 7) is 3.92. The first-order valence-electron chi connectivity index (χ1n) is 7.80. The minimum atomic E-state index is -3.48. The Morgan fingerprint density at radius 3 is 2.86 bits per heavy atom. The molecule has 3 heterocycles. The molecule has 1 aromatic heterocycles. The maximum absolute atomic E-state index is 12.8. The van der Waals surface area contributed by atoms with Crippen LogP contribution in [-0.4, -0.2) is 41.4 Å². The fourth-order valence-corrected chi connectivity index (χ4v) is 4.77. The van der Waals surface area contributed by atoms with Crippen molar-refractivity contribution in [3.8, 4) is 0 Å². The molecule has 2 aliphatic heterocycles. The van der Waals surface area contributed by atoms with E-state index < -0.39 is 10.0 Å². The average molecular weight is 312 g/mol. The van der Waals surface area contributed by atoms with Crippen molar-refractivity contribution in [3.63, 3.8) is 0 Å². The normalized spacial score (nSPS) is 25.5. The van der Waals surface area contributed by atoms with E-state index in [0.29, 0.717) is 13.1 Å². The van der Waals surface area contributed by atoms with Crippen LogP contribution in [0.5, 0.6) is 0 Å². The Kier molecular flexibility index (Phi) is 4.07. The lowest BCUT2D eigenvalue weighted by molar-refractivity contribution is 0.242. The predicted molar refractivity (Wildman–Crippen MR) is 80.3 cm³/mol. The van der Waals surface area contributed by atoms with E-state index in [-0.39, 0.29) is 17.0 Å². The molecule has 0 saturated carbocycles. The number of aryl methyl sites for hydroxylation is 2. The fourth-order valence-electron chi connectivity index (χ4n) is 3.26. The molecule has 6 nitrogen and oxygen atoms in total. The van der Waals surface area contributed by atoms with Crippen molar-refractivity contribution in [1.29, 1.82) is 0 Å². The van der Waals surface area contributed by atoms with Crippen LogP contribution < -0.4 is 5.73 Å². The lowest BCUT2D eigenvalue weighted by Gasteiger charge is -2.33. The van der Waals surface area contributed by atoms with Gasteiger partial charge in [0.05, 0.1) is 0 Å². The summed E-state index contributed by atoms with van der Waals surface area (Å²) in [6.07, 6.45) is 6.64. The van der Waals surface area contributed by atoms with Crippen LogP contribution in [0.4, 0.5) is 0 Å². The Balaban J connectivity index is 1.84. The second-order valence-electron chi connectivity index (χ2n) is 6.27. The van der Waals surface area contributed by atoms with E-state index >= 15 is 0 Å². The summed E-state index contributed by atoms with van der Waals surface area (Å²) in [5, 5.41) is 0.213. The zero-order chi connectivity index (χ0) is 15.0. The fraction of sp³-hybridized carbons (Fsp3) is 0.786. The molecule has 1 saturated heterocycles. The highest BCUT2D eigenvalue weighted by Gasteiger charge is 2.33. The predicted octanol–water partition coefficient (Wildman–Crippen LogP) is 0.967. The molecule has 21 heavy (non-hydrogen) atoms. The van der Waals surface area contributed by atoms with E-state index in [9.17, 15) is 8.42 Å². The van der Waals surface area contributed by atoms with E-state index in [1.807, 2.05) is 11.5 Å². The highest BCUT2D eigenvalue weighted by Crippen LogP contribution is 2.26. The van der Waals surface area contributed by atoms with Gasteiger partial charge in [-0.2, -0.15) is 4.31 Å². The summed E-state index contributed by atoms with van der Waals surface area (Å²) in [6, 6.07) is 0.0261. The summed E-state index contributed by atoms with van der Waals surface area (Å²) in [5.41, 5.74) is 5.95. The number of fused-ring (bicyclic) bond motifs is 1. The molecular weight excluding hydrogens is 288 g/mol. The van der Waals surface area contributed by atoms with Gasteiger partial charge in [-0.3, -0.25) is 0 Å². The largest absolute Gasteiger partial charge is 0.333 e. The number of hydrogen-bond donors (Lipinski definition) is 1. The second kappa shape index (κ2) is 5.70. The van der Waals surface area contributed by atoms with Gasteiger partial charge in [-0.15, -0.1) is 0 Å². The van der Waals surface area contributed by atoms with Crippen molar-refractivity contribution < 1.29 is 8.42 Å². The van der Waals surface area contributed by atoms with Gasteiger partial charge in [-0.25, -0.2) is 13.4 Å². The van der Waals surface area contributed by atoms with Crippen molar-refractivity contribution in [1.82, 2.24) is 13.9 Å². The molecule has 0 radical (unpaired) electrons. The molecule has 1 fully saturated rings. The number of nitrogens with zero attached hydrogens (tertiary/aromatic N) is 3. The first kappa shape index (κ1) is 15.0. The Bertz CT molecular complexity index is 585. The summed E-state index contributed by atoms with van der Waals surface area (Å²) in [7, 11) is -3.48. The summed E-state index contributed by atoms with van der Waals surface area (Å²) >= 11 is 0. The standard InChI is InChI=1S/C14H24N4O2S/c1-11(15)12-5-4-8-18(9-12)21(19,20)14-10-17-7-3-2-6-13(17)16-14/h10-12H,2-9,15H2,1H3. The Hall–Kier alpha value is -0.920. The molecule has 0 amide bonds. The van der Waals surface area contributed by atoms with Crippen molar-refractivity contribution in [2.75, 3.05) is 13.1 Å². The first-order valence-corrected chi connectivity index (χ1v) is 9.24. The second-order valence-corrected chi connectivity index (χ2v) is 8.16. The maximum Gasteiger partial charge on any atom is 0.262 e. The van der Waals surface area contributed by atoms with Crippen LogP contribution in [0.25, 0.3) is 0 Å². The molecule has 7 heteroatoms. The quantitative estimate of drug-likeness (QED) is 0.901. The maximum atomic E-state index is 12.8. The molecular formula is C14H24N4O2S. The number of nitrogens with two attached hydrogens (primary N) is 1. The van der Waals surface area contributed by atoms with Crippen LogP contribution in [0.15, 0.2) is 11.2 Å². The lowest BCUT2D eigenvalue weighted by Crippen LogP contribution is -2.45. The minimum absolute atomic E-state index is 0.0261. The van der Waals surface area contributed by atoms with Crippen LogP contribution in [0, 0.1) is 5.92 Å². The molecule has 3 rings (SSSR count). The van der Waals surface area contributed by atoms with E-state index in [4.69, 9.17) is 5.73 Å². The van der Waals surface area contributed by atoms with Gasteiger partial charge in [0.1, 0.15) is 5.82 Å². The van der Waals surface area contributed by atoms with Crippen LogP contribution in [0.3, 0.4) is 0 Å². The van der Waals surface area contributed by atoms with E-state index in [2.05, 4.69) is 4.98 Å². The van der Waals surface area contributed by atoms with Gasteiger partial charge in [0.15, 0.2) is 5.03 Å². The third-order valence-corrected chi connectivity index (χ3v) is 6.39. The smallest absolute Gasteiger partial charge is 0.262 e. The molecule has 1 aromatic rings. The first-order chi connectivity index (χ1) is 9.98. The van der Waals surface area contributed by atoms with E-state index in [1.54, 1.807) is 10.5 Å². The number of aromatic nitrogens is 2. The number of sulfonamides is 1. The number of hydrogen-bond acceptors (Lipinski definition) is 4. The van der Waals surface area contributed by atoms with Crippen molar-refractivity contribution in [2.24, 2.45) is 11.7 Å². The Morgan fingerprint density at radius 2 is 2.14 bits per heavy atom. The topological polar surface area (TPSA) is 81.2 Å². The lowest BCUT2D eigenvalue weighted by atomic mass is 9.93. The van der Waals surface area contributed by atoms with Crippen molar-refractivity contribution in [2.45, 2.75) is 56.6 Å². The van der Waals surface area contributed by atoms with Crippen LogP contribution in [-0.2, 0) is 23.0 Å². The van der Waals surface area contributed by atoms with Gasteiger partial charge in [0.25, 0.3) is 10.0 Å². The molecule has 0 aliphatic carbocycles. The van der Waals surface area contributed by atoms with Crippen molar-refractivity contribution in [3.05, 3.63) is 12.0 Å². The van der Waals surface area contributed by atoms with Gasteiger partial charge in [0.2, 0.25) is 0 Å². The zero-order valence-corrected chi connectivity index (χ0v) is 13.3. The molecule has 2 atom stereocenters. The van der Waals surface area contributed by atoms with Crippen LogP contribution in [0.2, 0.25) is 0 Å². The van der Waals surface area contributed by atoms with Crippen molar-refractivity contribution >= 4 is 10.0 Å². The third kappa shape index (κ3) is 2.86. The monoisotopic (exact) mass is 312 g/mol. The van der Waals surface area contributed by atoms with Crippen LogP contribution >= 0.6 is 0 Å². The number of rotatable bonds is 3. The van der Waals surface area contributed by atoms with Gasteiger partial charge < -0.3 is 10.3 Å². The van der Waals surface area contributed by atoms with E-state index in [0.717, 1.165) is 44.5 Å². The number of imidazole rings is 1. The zero-order valence-electron chi connectivity index (χ0n) is 12.5. The third-order valence-electron chi connectivity index (χ3n) is 4.65. The highest BCUT2D eigenvalue weighted by molar-refractivity contribution is 7.89. The van der Waals surface area contributed by atoms with Gasteiger partial charge >= 0.3 is 0 Å². The molecule has 0 aromatic carbocycles. The Morgan fingerprint density at radius 1 is 1.33 bits per heavy atom. The van der Waals surface area contributed by atoms with Crippen LogP contribution in [0.1, 0.15) is 38.4 Å². The molecule has 0 bridgehead atoms. The summed E-state index contributed by atoms with van der Waals surface area (Å²) in [4.78, 5) is 4.37. The SMILES string of the molecule is CC(N)C1CCCN(S(=O)(=O)c2cn3c(n2)CCCC3)C1. The van der Waals surface area contributed by atoms with Gasteiger partial charge in [-0.1, -0.05) is 0 Å². The average Bonchev–Trinajstić information content (AvgIpc) is 2.92. The number of piperidine rings is 1. The molecule has 118 valence electrons. The van der Waals surface area contributed by atoms with E-state index in [1.165, 1.54) is 0 Å². The highest BCUT2D eigenvalue weighted by atomic mass is 32.2. The molecule has 2 unspecified atom stereocenters.